The van der Waals surface area contributed by atoms with Gasteiger partial charge in [0.2, 0.25) is 10.0 Å². The van der Waals surface area contributed by atoms with E-state index in [9.17, 15) is 8.42 Å². The minimum absolute atomic E-state index is 0.0448. The van der Waals surface area contributed by atoms with Gasteiger partial charge in [0.25, 0.3) is 0 Å². The largest absolute Gasteiger partial charge is 0.387 e. The lowest BCUT2D eigenvalue weighted by Crippen LogP contribution is -2.24. The number of aromatic amines is 1. The van der Waals surface area contributed by atoms with E-state index in [2.05, 4.69) is 35.6 Å². The Morgan fingerprint density at radius 3 is 2.94 bits per heavy atom. The van der Waals surface area contributed by atoms with Gasteiger partial charge in [-0.25, -0.2) is 13.1 Å². The lowest BCUT2D eigenvalue weighted by Gasteiger charge is -2.09. The molecule has 18 heavy (non-hydrogen) atoms. The Bertz CT molecular complexity index is 610. The van der Waals surface area contributed by atoms with E-state index in [0.29, 0.717) is 5.69 Å². The van der Waals surface area contributed by atoms with Gasteiger partial charge < -0.3 is 5.32 Å². The van der Waals surface area contributed by atoms with Gasteiger partial charge in [-0.1, -0.05) is 5.21 Å². The smallest absolute Gasteiger partial charge is 0.244 e. The predicted octanol–water partition coefficient (Wildman–Crippen LogP) is -0.885. The van der Waals surface area contributed by atoms with Gasteiger partial charge in [0.05, 0.1) is 12.2 Å². The molecule has 0 unspecified atom stereocenters. The van der Waals surface area contributed by atoms with Crippen LogP contribution in [0, 0.1) is 0 Å². The van der Waals surface area contributed by atoms with Crippen LogP contribution in [0.15, 0.2) is 23.4 Å². The summed E-state index contributed by atoms with van der Waals surface area (Å²) in [6.45, 7) is -0.0448. The van der Waals surface area contributed by atoms with Crippen molar-refractivity contribution >= 4 is 15.7 Å². The molecular weight excluding hydrogens is 258 g/mol. The Kier molecular flexibility index (Phi) is 3.48. The average molecular weight is 269 g/mol. The molecule has 0 bridgehead atoms. The van der Waals surface area contributed by atoms with E-state index in [1.54, 1.807) is 13.1 Å². The van der Waals surface area contributed by atoms with E-state index < -0.39 is 10.0 Å². The Morgan fingerprint density at radius 2 is 2.28 bits per heavy atom. The van der Waals surface area contributed by atoms with Gasteiger partial charge in [-0.05, 0) is 6.07 Å². The van der Waals surface area contributed by atoms with E-state index in [-0.39, 0.29) is 17.3 Å². The second-order valence-corrected chi connectivity index (χ2v) is 5.01. The number of H-pyrrole nitrogens is 1. The highest BCUT2D eigenvalue weighted by atomic mass is 32.2. The van der Waals surface area contributed by atoms with Crippen molar-refractivity contribution in [3.63, 3.8) is 0 Å². The number of sulfonamides is 1. The van der Waals surface area contributed by atoms with E-state index in [1.807, 2.05) is 0 Å². The zero-order valence-corrected chi connectivity index (χ0v) is 10.3. The first-order valence-electron chi connectivity index (χ1n) is 4.97. The molecule has 10 heteroatoms. The number of anilines is 1. The molecule has 0 radical (unpaired) electrons. The molecule has 2 rings (SSSR count). The number of pyridine rings is 1. The lowest BCUT2D eigenvalue weighted by molar-refractivity contribution is 0.579. The molecule has 3 N–H and O–H groups in total. The van der Waals surface area contributed by atoms with Gasteiger partial charge in [0.1, 0.15) is 4.90 Å². The number of aromatic nitrogens is 5. The van der Waals surface area contributed by atoms with Crippen molar-refractivity contribution in [1.82, 2.24) is 30.3 Å². The summed E-state index contributed by atoms with van der Waals surface area (Å²) < 4.78 is 26.4. The first-order valence-corrected chi connectivity index (χ1v) is 6.45. The van der Waals surface area contributed by atoms with E-state index in [4.69, 9.17) is 0 Å². The Hall–Kier alpha value is -2.07. The summed E-state index contributed by atoms with van der Waals surface area (Å²) in [5, 5.41) is 15.7. The molecule has 0 saturated heterocycles. The van der Waals surface area contributed by atoms with Gasteiger partial charge in [-0.3, -0.25) is 4.98 Å². The quantitative estimate of drug-likeness (QED) is 0.643. The van der Waals surface area contributed by atoms with Crippen LogP contribution >= 0.6 is 0 Å². The van der Waals surface area contributed by atoms with Crippen LogP contribution in [0.5, 0.6) is 0 Å². The number of hydrogen-bond acceptors (Lipinski definition) is 7. The van der Waals surface area contributed by atoms with Crippen LogP contribution in [-0.2, 0) is 16.6 Å². The maximum absolute atomic E-state index is 12.0. The second-order valence-electron chi connectivity index (χ2n) is 3.27. The van der Waals surface area contributed by atoms with Crippen molar-refractivity contribution in [3.8, 4) is 0 Å². The number of hydrogen-bond donors (Lipinski definition) is 3. The van der Waals surface area contributed by atoms with Crippen molar-refractivity contribution in [1.29, 1.82) is 0 Å². The van der Waals surface area contributed by atoms with Gasteiger partial charge >= 0.3 is 0 Å². The van der Waals surface area contributed by atoms with Crippen LogP contribution in [0.4, 0.5) is 5.69 Å². The summed E-state index contributed by atoms with van der Waals surface area (Å²) in [7, 11) is -2.04. The third-order valence-corrected chi connectivity index (χ3v) is 3.58. The van der Waals surface area contributed by atoms with Crippen LogP contribution in [-0.4, -0.2) is 41.1 Å². The van der Waals surface area contributed by atoms with Crippen molar-refractivity contribution in [2.24, 2.45) is 0 Å². The van der Waals surface area contributed by atoms with Crippen LogP contribution in [0.25, 0.3) is 0 Å². The fourth-order valence-electron chi connectivity index (χ4n) is 1.30. The third kappa shape index (κ3) is 2.60. The number of nitrogens with zero attached hydrogens (tertiary/aromatic N) is 4. The van der Waals surface area contributed by atoms with Gasteiger partial charge in [-0.2, -0.15) is 5.21 Å². The van der Waals surface area contributed by atoms with E-state index in [0.717, 1.165) is 0 Å². The summed E-state index contributed by atoms with van der Waals surface area (Å²) in [5.41, 5.74) is 0.464. The molecule has 0 aromatic carbocycles. The molecule has 0 aliphatic carbocycles. The maximum Gasteiger partial charge on any atom is 0.244 e. The molecule has 0 atom stereocenters. The molecule has 2 aromatic rings. The number of tetrazole rings is 1. The molecule has 0 amide bonds. The van der Waals surface area contributed by atoms with Crippen molar-refractivity contribution in [2.45, 2.75) is 11.4 Å². The Morgan fingerprint density at radius 1 is 1.44 bits per heavy atom. The van der Waals surface area contributed by atoms with Crippen LogP contribution < -0.4 is 10.0 Å². The molecule has 0 fully saturated rings. The fourth-order valence-corrected chi connectivity index (χ4v) is 2.43. The lowest BCUT2D eigenvalue weighted by atomic mass is 10.4. The topological polar surface area (TPSA) is 126 Å². The minimum Gasteiger partial charge on any atom is -0.387 e. The van der Waals surface area contributed by atoms with Crippen molar-refractivity contribution in [3.05, 3.63) is 24.3 Å². The molecule has 2 heterocycles. The normalized spacial score (nSPS) is 11.4. The molecule has 0 aliphatic heterocycles. The fraction of sp³-hybridized carbons (Fsp3) is 0.250. The molecular formula is C8H11N7O2S. The summed E-state index contributed by atoms with van der Waals surface area (Å²) in [6, 6.07) is 1.57. The minimum atomic E-state index is -3.68. The van der Waals surface area contributed by atoms with E-state index >= 15 is 0 Å². The highest BCUT2D eigenvalue weighted by Gasteiger charge is 2.18. The molecule has 0 spiro atoms. The van der Waals surface area contributed by atoms with Crippen LogP contribution in [0.1, 0.15) is 5.82 Å². The highest BCUT2D eigenvalue weighted by molar-refractivity contribution is 7.89. The maximum atomic E-state index is 12.0. The number of rotatable bonds is 5. The van der Waals surface area contributed by atoms with Crippen molar-refractivity contribution in [2.75, 3.05) is 12.4 Å². The zero-order valence-electron chi connectivity index (χ0n) is 9.45. The third-order valence-electron chi connectivity index (χ3n) is 2.15. The average Bonchev–Trinajstić information content (AvgIpc) is 2.89. The summed E-state index contributed by atoms with van der Waals surface area (Å²) in [6.07, 6.45) is 2.77. The first-order chi connectivity index (χ1) is 8.63. The first kappa shape index (κ1) is 12.4. The predicted molar refractivity (Wildman–Crippen MR) is 62.0 cm³/mol. The second kappa shape index (κ2) is 5.06. The summed E-state index contributed by atoms with van der Waals surface area (Å²) >= 11 is 0. The molecule has 9 nitrogen and oxygen atoms in total. The molecule has 96 valence electrons. The van der Waals surface area contributed by atoms with Crippen molar-refractivity contribution < 1.29 is 8.42 Å². The Labute approximate surface area is 103 Å². The zero-order chi connectivity index (χ0) is 13.0. The Balaban J connectivity index is 2.20. The molecule has 0 saturated carbocycles. The molecule has 2 aromatic heterocycles. The van der Waals surface area contributed by atoms with Crippen LogP contribution in [0.2, 0.25) is 0 Å². The standard InChI is InChI=1S/C8H11N7O2S/c1-9-6-2-3-10-4-7(6)18(16,17)11-5-8-12-14-15-13-8/h2-4,11H,5H2,1H3,(H,9,10)(H,12,13,14,15). The number of nitrogens with one attached hydrogen (secondary N) is 3. The van der Waals surface area contributed by atoms with Crippen LogP contribution in [0.3, 0.4) is 0 Å². The monoisotopic (exact) mass is 269 g/mol. The van der Waals surface area contributed by atoms with Gasteiger partial charge in [-0.15, -0.1) is 10.2 Å². The van der Waals surface area contributed by atoms with Gasteiger partial charge in [0, 0.05) is 19.4 Å². The van der Waals surface area contributed by atoms with Gasteiger partial charge in [0.15, 0.2) is 5.82 Å². The summed E-state index contributed by atoms with van der Waals surface area (Å²) in [5.74, 6) is 0.258. The highest BCUT2D eigenvalue weighted by Crippen LogP contribution is 2.18. The molecule has 0 aliphatic rings. The SMILES string of the molecule is CNc1ccncc1S(=O)(=O)NCc1nn[nH]n1. The van der Waals surface area contributed by atoms with E-state index in [1.165, 1.54) is 12.4 Å². The summed E-state index contributed by atoms with van der Waals surface area (Å²) in [4.78, 5) is 3.86.